The number of hydrogen-bond donors (Lipinski definition) is 10. The minimum Gasteiger partial charge on any atom is -0.481 e. The van der Waals surface area contributed by atoms with Gasteiger partial charge in [-0.2, -0.15) is 0 Å². The van der Waals surface area contributed by atoms with Gasteiger partial charge in [0.15, 0.2) is 0 Å². The average Bonchev–Trinajstić information content (AvgIpc) is 2.89. The molecule has 47 heavy (non-hydrogen) atoms. The molecule has 0 spiro atoms. The Kier molecular flexibility index (Phi) is 20.0. The van der Waals surface area contributed by atoms with Crippen molar-refractivity contribution in [1.29, 1.82) is 0 Å². The van der Waals surface area contributed by atoms with Crippen molar-refractivity contribution < 1.29 is 73.4 Å². The summed E-state index contributed by atoms with van der Waals surface area (Å²) in [4.78, 5) is 88.5. The summed E-state index contributed by atoms with van der Waals surface area (Å²) in [6.45, 7) is 8.57. The second-order valence-corrected chi connectivity index (χ2v) is 12.4. The predicted molar refractivity (Wildman–Crippen MR) is 160 cm³/mol. The van der Waals surface area contributed by atoms with Crippen molar-refractivity contribution in [2.24, 2.45) is 5.41 Å². The summed E-state index contributed by atoms with van der Waals surface area (Å²) in [5, 5.41) is 61.3. The van der Waals surface area contributed by atoms with Gasteiger partial charge in [0, 0.05) is 12.8 Å². The maximum atomic E-state index is 13.4. The van der Waals surface area contributed by atoms with Crippen LogP contribution in [-0.4, -0.2) is 108 Å². The standard InChI is InChI=1S/C15H26N2O7.C13H21FN2O7/c1-15(2,3)8-4-5-9(12(20)21)16-14(24)17-10(13(22)23)6-7-11(18)19;1-13(2,14)6-5-8(11(21)22)16-12(23)15-7(10(19)20)3-4-9(17)18/h9-10H,4-8H2,1-3H3,(H,18,19)(H,20,21)(H,22,23)(H2,16,17,24);7-8H,3-6H2,1-2H3,(H,17,18)(H,19,20)(H,21,22)(H2,15,16,23)/t9?,10-;7-,8-/m00/s1/i;14-1. The second-order valence-electron chi connectivity index (χ2n) is 12.4. The van der Waals surface area contributed by atoms with E-state index < -0.39 is 90.6 Å². The number of carboxylic acid groups (broad SMARTS) is 6. The largest absolute Gasteiger partial charge is 0.481 e. The van der Waals surface area contributed by atoms with Gasteiger partial charge in [-0.15, -0.1) is 0 Å². The summed E-state index contributed by atoms with van der Waals surface area (Å²) in [7, 11) is 0. The van der Waals surface area contributed by atoms with E-state index in [-0.39, 0.29) is 37.5 Å². The highest BCUT2D eigenvalue weighted by atomic mass is 18.2. The normalized spacial score (nSPS) is 13.7. The molecule has 1 unspecified atom stereocenters. The molecule has 0 aromatic carbocycles. The van der Waals surface area contributed by atoms with E-state index in [0.29, 0.717) is 6.42 Å². The van der Waals surface area contributed by atoms with Crippen LogP contribution in [0.5, 0.6) is 0 Å². The molecular weight excluding hydrogens is 634 g/mol. The molecule has 4 amide bonds. The molecule has 0 heterocycles. The first-order chi connectivity index (χ1) is 21.3. The van der Waals surface area contributed by atoms with Crippen LogP contribution in [0.1, 0.15) is 92.4 Å². The third kappa shape index (κ3) is 25.2. The molecule has 0 saturated carbocycles. The quantitative estimate of drug-likeness (QED) is 0.0877. The zero-order valence-electron chi connectivity index (χ0n) is 27.0. The number of nitrogens with one attached hydrogen (secondary N) is 4. The molecule has 4 atom stereocenters. The van der Waals surface area contributed by atoms with Crippen LogP contribution in [0.15, 0.2) is 0 Å². The summed E-state index contributed by atoms with van der Waals surface area (Å²) in [5.74, 6) is -7.84. The van der Waals surface area contributed by atoms with E-state index in [9.17, 15) is 42.7 Å². The molecule has 0 aliphatic rings. The molecule has 0 saturated heterocycles. The highest BCUT2D eigenvalue weighted by Crippen LogP contribution is 2.22. The lowest BCUT2D eigenvalue weighted by atomic mass is 9.89. The van der Waals surface area contributed by atoms with Crippen LogP contribution >= 0.6 is 0 Å². The predicted octanol–water partition coefficient (Wildman–Crippen LogP) is 1.86. The maximum absolute atomic E-state index is 13.4. The van der Waals surface area contributed by atoms with Gasteiger partial charge in [0.25, 0.3) is 0 Å². The van der Waals surface area contributed by atoms with E-state index in [0.717, 1.165) is 6.42 Å². The van der Waals surface area contributed by atoms with Crippen LogP contribution in [0.3, 0.4) is 0 Å². The molecule has 0 bridgehead atoms. The van der Waals surface area contributed by atoms with Crippen LogP contribution in [0.4, 0.5) is 14.0 Å². The Morgan fingerprint density at radius 1 is 0.511 bits per heavy atom. The van der Waals surface area contributed by atoms with E-state index in [2.05, 4.69) is 10.6 Å². The fourth-order valence-electron chi connectivity index (χ4n) is 3.61. The number of aliphatic carboxylic acids is 6. The number of alkyl halides is 1. The summed E-state index contributed by atoms with van der Waals surface area (Å²) in [6, 6.07) is -7.42. The van der Waals surface area contributed by atoms with Gasteiger partial charge >= 0.3 is 47.9 Å². The van der Waals surface area contributed by atoms with Gasteiger partial charge in [-0.1, -0.05) is 27.2 Å². The highest BCUT2D eigenvalue weighted by Gasteiger charge is 2.28. The Hall–Kier alpha value is -4.71. The van der Waals surface area contributed by atoms with Gasteiger partial charge in [-0.25, -0.2) is 33.2 Å². The SMILES string of the molecule is CC(C)(C)CCCC(NC(=O)N[C@@H](CCC(=O)O)C(=O)O)C(=O)O.CC(C)([18F])CC[C@H](NC(=O)N[C@@H](CCC(=O)O)C(=O)O)C(=O)O. The molecule has 18 nitrogen and oxygen atoms in total. The smallest absolute Gasteiger partial charge is 0.326 e. The van der Waals surface area contributed by atoms with E-state index in [1.807, 2.05) is 31.4 Å². The minimum atomic E-state index is -1.61. The Morgan fingerprint density at radius 2 is 0.809 bits per heavy atom. The lowest BCUT2D eigenvalue weighted by Crippen LogP contribution is -2.51. The summed E-state index contributed by atoms with van der Waals surface area (Å²) in [6.07, 6.45) is -0.274. The molecule has 19 heteroatoms. The number of carbonyl (C=O) groups is 8. The molecule has 0 aromatic rings. The Bertz CT molecular complexity index is 1100. The van der Waals surface area contributed by atoms with Crippen LogP contribution < -0.4 is 21.3 Å². The van der Waals surface area contributed by atoms with Gasteiger partial charge in [-0.05, 0) is 57.8 Å². The Labute approximate surface area is 270 Å². The molecule has 10 N–H and O–H groups in total. The molecule has 0 aromatic heterocycles. The van der Waals surface area contributed by atoms with Crippen LogP contribution in [0.2, 0.25) is 0 Å². The molecule has 270 valence electrons. The summed E-state index contributed by atoms with van der Waals surface area (Å²) in [5.41, 5.74) is -1.58. The lowest BCUT2D eigenvalue weighted by Gasteiger charge is -2.21. The first-order valence-electron chi connectivity index (χ1n) is 14.5. The van der Waals surface area contributed by atoms with Crippen molar-refractivity contribution in [2.75, 3.05) is 0 Å². The summed E-state index contributed by atoms with van der Waals surface area (Å²) >= 11 is 0. The zero-order chi connectivity index (χ0) is 37.1. The minimum absolute atomic E-state index is 0.0382. The zero-order valence-corrected chi connectivity index (χ0v) is 27.0. The number of carbonyl (C=O) groups excluding carboxylic acids is 2. The molecule has 0 aliphatic heterocycles. The van der Waals surface area contributed by atoms with Crippen molar-refractivity contribution in [2.45, 2.75) is 122 Å². The molecule has 0 radical (unpaired) electrons. The topological polar surface area (TPSA) is 306 Å². The van der Waals surface area contributed by atoms with E-state index in [1.54, 1.807) is 0 Å². The average molecular weight is 682 g/mol. The van der Waals surface area contributed by atoms with Crippen molar-refractivity contribution >= 4 is 47.9 Å². The molecular formula is C28H47FN4O14. The Morgan fingerprint density at radius 3 is 1.06 bits per heavy atom. The van der Waals surface area contributed by atoms with Crippen molar-refractivity contribution in [3.8, 4) is 0 Å². The number of carboxylic acids is 6. The first-order valence-corrected chi connectivity index (χ1v) is 14.5. The van der Waals surface area contributed by atoms with Crippen molar-refractivity contribution in [3.63, 3.8) is 0 Å². The molecule has 0 fully saturated rings. The van der Waals surface area contributed by atoms with Crippen molar-refractivity contribution in [1.82, 2.24) is 21.3 Å². The van der Waals surface area contributed by atoms with Gasteiger partial charge in [0.1, 0.15) is 29.8 Å². The lowest BCUT2D eigenvalue weighted by molar-refractivity contribution is -0.142. The van der Waals surface area contributed by atoms with Gasteiger partial charge in [-0.3, -0.25) is 9.59 Å². The third-order valence-corrected chi connectivity index (χ3v) is 6.15. The number of urea groups is 2. The molecule has 0 aliphatic carbocycles. The molecule has 0 rings (SSSR count). The Balaban J connectivity index is 0. The van der Waals surface area contributed by atoms with Crippen LogP contribution in [0, 0.1) is 5.41 Å². The fourth-order valence-corrected chi connectivity index (χ4v) is 3.61. The van der Waals surface area contributed by atoms with Crippen molar-refractivity contribution in [3.05, 3.63) is 0 Å². The third-order valence-electron chi connectivity index (χ3n) is 6.15. The number of rotatable bonds is 20. The van der Waals surface area contributed by atoms with E-state index in [4.69, 9.17) is 30.6 Å². The number of amides is 4. The number of hydrogen-bond acceptors (Lipinski definition) is 8. The number of halogens is 1. The second kappa shape index (κ2) is 21.2. The van der Waals surface area contributed by atoms with Crippen LogP contribution in [-0.2, 0) is 28.8 Å². The van der Waals surface area contributed by atoms with E-state index in [1.165, 1.54) is 13.8 Å². The van der Waals surface area contributed by atoms with Gasteiger partial charge < -0.3 is 51.9 Å². The highest BCUT2D eigenvalue weighted by molar-refractivity contribution is 5.87. The summed E-state index contributed by atoms with van der Waals surface area (Å²) < 4.78 is 13.4. The first kappa shape index (κ1) is 44.4. The maximum Gasteiger partial charge on any atom is 0.326 e. The van der Waals surface area contributed by atoms with E-state index >= 15 is 0 Å². The monoisotopic (exact) mass is 681 g/mol. The van der Waals surface area contributed by atoms with Gasteiger partial charge in [0.2, 0.25) is 0 Å². The van der Waals surface area contributed by atoms with Gasteiger partial charge in [0.05, 0.1) is 0 Å². The van der Waals surface area contributed by atoms with Crippen LogP contribution in [0.25, 0.3) is 0 Å². The fraction of sp³-hybridized carbons (Fsp3) is 0.714.